The molecular formula is C22H23N3O4S. The number of carbonyl (C=O) groups excluding carboxylic acids is 2. The summed E-state index contributed by atoms with van der Waals surface area (Å²) < 4.78 is 10.5. The van der Waals surface area contributed by atoms with Gasteiger partial charge in [0.15, 0.2) is 5.76 Å². The first-order chi connectivity index (χ1) is 14.6. The summed E-state index contributed by atoms with van der Waals surface area (Å²) >= 11 is 1.24. The third-order valence-electron chi connectivity index (χ3n) is 4.80. The first-order valence-corrected chi connectivity index (χ1v) is 10.6. The van der Waals surface area contributed by atoms with Crippen molar-refractivity contribution in [3.8, 4) is 0 Å². The first-order valence-electron chi connectivity index (χ1n) is 9.74. The van der Waals surface area contributed by atoms with Gasteiger partial charge < -0.3 is 19.8 Å². The summed E-state index contributed by atoms with van der Waals surface area (Å²) in [5.41, 5.74) is 2.69. The SMILES string of the molecule is Cc1cc(NC(=O)c2ccco2)sc1C(=O)Nc1cccc(CN2CCOCC2)c1. The monoisotopic (exact) mass is 425 g/mol. The first kappa shape index (κ1) is 20.3. The summed E-state index contributed by atoms with van der Waals surface area (Å²) in [6.07, 6.45) is 1.45. The van der Waals surface area contributed by atoms with Crippen LogP contribution in [-0.2, 0) is 11.3 Å². The number of nitrogens with one attached hydrogen (secondary N) is 2. The Bertz CT molecular complexity index is 1020. The van der Waals surface area contributed by atoms with Gasteiger partial charge in [0.1, 0.15) is 0 Å². The van der Waals surface area contributed by atoms with E-state index in [0.29, 0.717) is 9.88 Å². The molecule has 0 atom stereocenters. The Hall–Kier alpha value is -2.94. The average molecular weight is 426 g/mol. The molecule has 7 nitrogen and oxygen atoms in total. The van der Waals surface area contributed by atoms with Gasteiger partial charge in [-0.15, -0.1) is 11.3 Å². The molecule has 2 amide bonds. The minimum absolute atomic E-state index is 0.195. The van der Waals surface area contributed by atoms with Gasteiger partial charge in [-0.1, -0.05) is 12.1 Å². The lowest BCUT2D eigenvalue weighted by molar-refractivity contribution is 0.0342. The van der Waals surface area contributed by atoms with Crippen molar-refractivity contribution in [3.05, 3.63) is 70.5 Å². The second kappa shape index (κ2) is 9.25. The normalized spacial score (nSPS) is 14.4. The standard InChI is InChI=1S/C22H23N3O4S/c1-15-12-19(24-21(26)18-6-3-9-29-18)30-20(15)22(27)23-17-5-2-4-16(13-17)14-25-7-10-28-11-8-25/h2-6,9,12-13H,7-8,10-11,14H2,1H3,(H,23,27)(H,24,26). The van der Waals surface area contributed by atoms with E-state index in [1.165, 1.54) is 17.6 Å². The summed E-state index contributed by atoms with van der Waals surface area (Å²) in [6, 6.07) is 12.9. The molecule has 0 bridgehead atoms. The van der Waals surface area contributed by atoms with Gasteiger partial charge in [-0.2, -0.15) is 0 Å². The molecule has 1 fully saturated rings. The van der Waals surface area contributed by atoms with Crippen LogP contribution in [0.4, 0.5) is 10.7 Å². The van der Waals surface area contributed by atoms with Crippen LogP contribution in [0.2, 0.25) is 0 Å². The number of morpholine rings is 1. The lowest BCUT2D eigenvalue weighted by Gasteiger charge is -2.26. The number of amides is 2. The molecule has 2 N–H and O–H groups in total. The molecule has 4 rings (SSSR count). The van der Waals surface area contributed by atoms with E-state index in [1.54, 1.807) is 18.2 Å². The Morgan fingerprint density at radius 1 is 1.07 bits per heavy atom. The van der Waals surface area contributed by atoms with Crippen LogP contribution in [0.15, 0.2) is 53.1 Å². The summed E-state index contributed by atoms with van der Waals surface area (Å²) in [7, 11) is 0. The van der Waals surface area contributed by atoms with Crippen LogP contribution in [0.5, 0.6) is 0 Å². The molecule has 0 unspecified atom stereocenters. The van der Waals surface area contributed by atoms with E-state index in [2.05, 4.69) is 21.6 Å². The number of anilines is 2. The number of benzene rings is 1. The molecule has 1 aromatic carbocycles. The van der Waals surface area contributed by atoms with E-state index in [9.17, 15) is 9.59 Å². The van der Waals surface area contributed by atoms with Gasteiger partial charge in [0.2, 0.25) is 0 Å². The van der Waals surface area contributed by atoms with Gasteiger partial charge >= 0.3 is 0 Å². The van der Waals surface area contributed by atoms with Crippen LogP contribution >= 0.6 is 11.3 Å². The van der Waals surface area contributed by atoms with E-state index in [0.717, 1.165) is 49.7 Å². The highest BCUT2D eigenvalue weighted by molar-refractivity contribution is 7.18. The number of aryl methyl sites for hydroxylation is 1. The molecule has 1 aliphatic rings. The molecule has 2 aromatic heterocycles. The molecule has 3 heterocycles. The quantitative estimate of drug-likeness (QED) is 0.624. The third kappa shape index (κ3) is 4.96. The van der Waals surface area contributed by atoms with Crippen LogP contribution in [0.1, 0.15) is 31.4 Å². The molecule has 8 heteroatoms. The predicted octanol–water partition coefficient (Wildman–Crippen LogP) is 3.99. The molecule has 156 valence electrons. The van der Waals surface area contributed by atoms with Gasteiger partial charge in [0.25, 0.3) is 11.8 Å². The van der Waals surface area contributed by atoms with E-state index in [1.807, 2.05) is 25.1 Å². The summed E-state index contributed by atoms with van der Waals surface area (Å²) in [5, 5.41) is 6.33. The van der Waals surface area contributed by atoms with Crippen LogP contribution in [0.3, 0.4) is 0 Å². The molecule has 0 radical (unpaired) electrons. The van der Waals surface area contributed by atoms with Gasteiger partial charge in [-0.25, -0.2) is 0 Å². The smallest absolute Gasteiger partial charge is 0.291 e. The topological polar surface area (TPSA) is 83.8 Å². The average Bonchev–Trinajstić information content (AvgIpc) is 3.39. The van der Waals surface area contributed by atoms with Crippen LogP contribution in [0.25, 0.3) is 0 Å². The maximum Gasteiger partial charge on any atom is 0.291 e. The van der Waals surface area contributed by atoms with Gasteiger partial charge in [0.05, 0.1) is 29.4 Å². The van der Waals surface area contributed by atoms with Crippen LogP contribution in [-0.4, -0.2) is 43.0 Å². The number of thiophene rings is 1. The van der Waals surface area contributed by atoms with Crippen molar-refractivity contribution < 1.29 is 18.7 Å². The number of hydrogen-bond donors (Lipinski definition) is 2. The molecule has 1 aliphatic heterocycles. The number of furan rings is 1. The third-order valence-corrected chi connectivity index (χ3v) is 5.95. The van der Waals surface area contributed by atoms with Crippen LogP contribution < -0.4 is 10.6 Å². The zero-order valence-electron chi connectivity index (χ0n) is 16.6. The zero-order chi connectivity index (χ0) is 20.9. The highest BCUT2D eigenvalue weighted by Gasteiger charge is 2.17. The Morgan fingerprint density at radius 3 is 2.67 bits per heavy atom. The van der Waals surface area contributed by atoms with Crippen molar-refractivity contribution >= 4 is 33.8 Å². The number of hydrogen-bond acceptors (Lipinski definition) is 6. The maximum atomic E-state index is 12.8. The Labute approximate surface area is 178 Å². The maximum absolute atomic E-state index is 12.8. The summed E-state index contributed by atoms with van der Waals surface area (Å²) in [5.74, 6) is -0.312. The highest BCUT2D eigenvalue weighted by atomic mass is 32.1. The fraction of sp³-hybridized carbons (Fsp3) is 0.273. The Morgan fingerprint density at radius 2 is 1.90 bits per heavy atom. The van der Waals surface area contributed by atoms with Crippen LogP contribution in [0, 0.1) is 6.92 Å². The molecule has 3 aromatic rings. The van der Waals surface area contributed by atoms with Gasteiger partial charge in [0, 0.05) is 25.3 Å². The zero-order valence-corrected chi connectivity index (χ0v) is 17.5. The fourth-order valence-corrected chi connectivity index (χ4v) is 4.27. The largest absolute Gasteiger partial charge is 0.459 e. The van der Waals surface area contributed by atoms with E-state index in [-0.39, 0.29) is 17.6 Å². The second-order valence-electron chi connectivity index (χ2n) is 7.10. The molecule has 30 heavy (non-hydrogen) atoms. The number of nitrogens with zero attached hydrogens (tertiary/aromatic N) is 1. The van der Waals surface area contributed by atoms with Crippen molar-refractivity contribution in [1.29, 1.82) is 0 Å². The van der Waals surface area contributed by atoms with Crippen molar-refractivity contribution in [2.45, 2.75) is 13.5 Å². The minimum Gasteiger partial charge on any atom is -0.459 e. The van der Waals surface area contributed by atoms with Gasteiger partial charge in [-0.05, 0) is 48.4 Å². The summed E-state index contributed by atoms with van der Waals surface area (Å²) in [4.78, 5) is 27.8. The molecule has 1 saturated heterocycles. The Kier molecular flexibility index (Phi) is 6.27. The summed E-state index contributed by atoms with van der Waals surface area (Å²) in [6.45, 7) is 6.02. The predicted molar refractivity (Wildman–Crippen MR) is 116 cm³/mol. The number of carbonyl (C=O) groups is 2. The van der Waals surface area contributed by atoms with Crippen molar-refractivity contribution in [1.82, 2.24) is 4.90 Å². The molecule has 0 aliphatic carbocycles. The van der Waals surface area contributed by atoms with Crippen molar-refractivity contribution in [2.24, 2.45) is 0 Å². The number of ether oxygens (including phenoxy) is 1. The lowest BCUT2D eigenvalue weighted by Crippen LogP contribution is -2.35. The van der Waals surface area contributed by atoms with E-state index >= 15 is 0 Å². The second-order valence-corrected chi connectivity index (χ2v) is 8.15. The van der Waals surface area contributed by atoms with E-state index < -0.39 is 0 Å². The molecular weight excluding hydrogens is 402 g/mol. The highest BCUT2D eigenvalue weighted by Crippen LogP contribution is 2.28. The van der Waals surface area contributed by atoms with E-state index in [4.69, 9.17) is 9.15 Å². The minimum atomic E-state index is -0.343. The van der Waals surface area contributed by atoms with Crippen molar-refractivity contribution in [3.63, 3.8) is 0 Å². The lowest BCUT2D eigenvalue weighted by atomic mass is 10.1. The molecule has 0 saturated carbocycles. The Balaban J connectivity index is 1.40. The number of rotatable bonds is 6. The molecule has 0 spiro atoms. The van der Waals surface area contributed by atoms with Gasteiger partial charge in [-0.3, -0.25) is 14.5 Å². The van der Waals surface area contributed by atoms with Crippen molar-refractivity contribution in [2.75, 3.05) is 36.9 Å². The fourth-order valence-electron chi connectivity index (χ4n) is 3.30.